The number of nitrogens with one attached hydrogen (secondary N) is 1. The highest BCUT2D eigenvalue weighted by atomic mass is 32.1. The summed E-state index contributed by atoms with van der Waals surface area (Å²) in [5.74, 6) is 1.68. The highest BCUT2D eigenvalue weighted by Gasteiger charge is 2.23. The van der Waals surface area contributed by atoms with E-state index in [-0.39, 0.29) is 24.8 Å². The summed E-state index contributed by atoms with van der Waals surface area (Å²) < 4.78 is 18.2. The van der Waals surface area contributed by atoms with Gasteiger partial charge in [-0.3, -0.25) is 14.0 Å². The Labute approximate surface area is 199 Å². The maximum absolute atomic E-state index is 12.8. The Morgan fingerprint density at radius 3 is 2.85 bits per heavy atom. The normalized spacial score (nSPS) is 12.9. The number of hydrogen-bond donors (Lipinski definition) is 1. The number of carbonyl (C=O) groups excluding carboxylic acids is 2. The van der Waals surface area contributed by atoms with E-state index in [2.05, 4.69) is 5.32 Å². The van der Waals surface area contributed by atoms with Crippen molar-refractivity contribution in [2.24, 2.45) is 0 Å². The number of methoxy groups -OCH3 is 2. The lowest BCUT2D eigenvalue weighted by molar-refractivity contribution is -0.121. The van der Waals surface area contributed by atoms with E-state index < -0.39 is 0 Å². The number of rotatable bonds is 6. The van der Waals surface area contributed by atoms with Crippen LogP contribution in [0.5, 0.6) is 17.2 Å². The lowest BCUT2D eigenvalue weighted by Gasteiger charge is -2.26. The van der Waals surface area contributed by atoms with Crippen molar-refractivity contribution in [3.63, 3.8) is 0 Å². The van der Waals surface area contributed by atoms with Gasteiger partial charge in [-0.05, 0) is 36.4 Å². The summed E-state index contributed by atoms with van der Waals surface area (Å²) in [5.41, 5.74) is 3.56. The van der Waals surface area contributed by atoms with Crippen molar-refractivity contribution < 1.29 is 23.8 Å². The van der Waals surface area contributed by atoms with Crippen molar-refractivity contribution in [3.8, 4) is 28.5 Å². The van der Waals surface area contributed by atoms with Crippen molar-refractivity contribution in [2.75, 3.05) is 38.1 Å². The minimum absolute atomic E-state index is 0.0118. The monoisotopic (exact) mass is 478 g/mol. The molecule has 1 aliphatic rings. The first-order chi connectivity index (χ1) is 16.5. The van der Waals surface area contributed by atoms with E-state index in [4.69, 9.17) is 19.2 Å². The second-order valence-corrected chi connectivity index (χ2v) is 8.56. The molecule has 2 aromatic carbocycles. The molecular formula is C24H22N4O5S. The van der Waals surface area contributed by atoms with Gasteiger partial charge in [-0.25, -0.2) is 4.98 Å². The fourth-order valence-corrected chi connectivity index (χ4v) is 4.69. The SMILES string of the molecule is COc1ccc(OC)c(-c2cn3c(CC(=O)Nc4ccc5c(c4)N(C)C(=O)CO5)csc3n2)c1. The zero-order valence-electron chi connectivity index (χ0n) is 18.8. The molecule has 10 heteroatoms. The summed E-state index contributed by atoms with van der Waals surface area (Å²) in [4.78, 5) is 31.7. The van der Waals surface area contributed by atoms with E-state index in [1.807, 2.05) is 34.2 Å². The molecule has 1 N–H and O–H groups in total. The van der Waals surface area contributed by atoms with Gasteiger partial charge in [0.25, 0.3) is 5.91 Å². The number of thiazole rings is 1. The third kappa shape index (κ3) is 3.92. The average Bonchev–Trinajstić information content (AvgIpc) is 3.43. The minimum Gasteiger partial charge on any atom is -0.497 e. The first-order valence-corrected chi connectivity index (χ1v) is 11.4. The lowest BCUT2D eigenvalue weighted by atomic mass is 10.1. The zero-order chi connectivity index (χ0) is 23.8. The van der Waals surface area contributed by atoms with Crippen LogP contribution in [0.3, 0.4) is 0 Å². The first kappa shape index (κ1) is 21.8. The van der Waals surface area contributed by atoms with Crippen LogP contribution in [-0.2, 0) is 16.0 Å². The van der Waals surface area contributed by atoms with Crippen LogP contribution in [0.1, 0.15) is 5.69 Å². The first-order valence-electron chi connectivity index (χ1n) is 10.5. The number of imidazole rings is 1. The summed E-state index contributed by atoms with van der Waals surface area (Å²) in [6.07, 6.45) is 2.05. The second-order valence-electron chi connectivity index (χ2n) is 7.72. The van der Waals surface area contributed by atoms with Gasteiger partial charge < -0.3 is 24.4 Å². The molecule has 0 unspecified atom stereocenters. The fourth-order valence-electron chi connectivity index (χ4n) is 3.82. The Bertz CT molecular complexity index is 1410. The lowest BCUT2D eigenvalue weighted by Crippen LogP contribution is -2.35. The number of anilines is 2. The molecule has 34 heavy (non-hydrogen) atoms. The molecule has 9 nitrogen and oxygen atoms in total. The molecule has 5 rings (SSSR count). The van der Waals surface area contributed by atoms with Gasteiger partial charge in [-0.15, -0.1) is 11.3 Å². The maximum atomic E-state index is 12.8. The van der Waals surface area contributed by atoms with Crippen molar-refractivity contribution in [1.82, 2.24) is 9.38 Å². The van der Waals surface area contributed by atoms with Crippen molar-refractivity contribution in [2.45, 2.75) is 6.42 Å². The number of nitrogens with zero attached hydrogens (tertiary/aromatic N) is 3. The van der Waals surface area contributed by atoms with Gasteiger partial charge in [-0.2, -0.15) is 0 Å². The van der Waals surface area contributed by atoms with Gasteiger partial charge in [0.1, 0.15) is 17.2 Å². The molecule has 0 radical (unpaired) electrons. The number of aromatic nitrogens is 2. The van der Waals surface area contributed by atoms with E-state index in [9.17, 15) is 9.59 Å². The van der Waals surface area contributed by atoms with Gasteiger partial charge >= 0.3 is 0 Å². The van der Waals surface area contributed by atoms with Gasteiger partial charge in [0, 0.05) is 35.6 Å². The Kier molecular flexibility index (Phi) is 5.58. The summed E-state index contributed by atoms with van der Waals surface area (Å²) in [6.45, 7) is 0.0118. The topological polar surface area (TPSA) is 94.4 Å². The minimum atomic E-state index is -0.181. The zero-order valence-corrected chi connectivity index (χ0v) is 19.6. The van der Waals surface area contributed by atoms with E-state index in [1.54, 1.807) is 39.5 Å². The molecule has 174 valence electrons. The molecule has 0 bridgehead atoms. The van der Waals surface area contributed by atoms with E-state index in [1.165, 1.54) is 16.2 Å². The summed E-state index contributed by atoms with van der Waals surface area (Å²) in [5, 5.41) is 4.82. The van der Waals surface area contributed by atoms with Crippen LogP contribution in [0.15, 0.2) is 48.0 Å². The molecule has 4 aromatic rings. The fraction of sp³-hybridized carbons (Fsp3) is 0.208. The van der Waals surface area contributed by atoms with Crippen molar-refractivity contribution >= 4 is 39.5 Å². The molecule has 0 spiro atoms. The Hall–Kier alpha value is -4.05. The standard InChI is InChI=1S/C24H22N4O5S/c1-27-19-8-14(4-6-21(19)33-12-23(27)30)25-22(29)9-15-13-34-24-26-18(11-28(15)24)17-10-16(31-2)5-7-20(17)32-3/h4-8,10-11,13H,9,12H2,1-3H3,(H,25,29). The van der Waals surface area contributed by atoms with E-state index >= 15 is 0 Å². The van der Waals surface area contributed by atoms with Crippen LogP contribution in [0.4, 0.5) is 11.4 Å². The van der Waals surface area contributed by atoms with Crippen LogP contribution in [0, 0.1) is 0 Å². The number of benzene rings is 2. The number of hydrogen-bond acceptors (Lipinski definition) is 7. The molecule has 0 aliphatic carbocycles. The third-order valence-electron chi connectivity index (χ3n) is 5.64. The number of fused-ring (bicyclic) bond motifs is 2. The molecule has 0 fully saturated rings. The Morgan fingerprint density at radius 2 is 2.06 bits per heavy atom. The second kappa shape index (κ2) is 8.71. The molecule has 0 atom stereocenters. The van der Waals surface area contributed by atoms with E-state index in [0.29, 0.717) is 28.6 Å². The largest absolute Gasteiger partial charge is 0.497 e. The van der Waals surface area contributed by atoms with E-state index in [0.717, 1.165) is 21.9 Å². The molecule has 2 amide bonds. The third-order valence-corrected chi connectivity index (χ3v) is 6.53. The number of carbonyl (C=O) groups is 2. The van der Waals surface area contributed by atoms with Crippen molar-refractivity contribution in [1.29, 1.82) is 0 Å². The smallest absolute Gasteiger partial charge is 0.264 e. The molecule has 3 heterocycles. The Morgan fingerprint density at radius 1 is 1.21 bits per heavy atom. The Balaban J connectivity index is 1.37. The maximum Gasteiger partial charge on any atom is 0.264 e. The molecular weight excluding hydrogens is 456 g/mol. The number of likely N-dealkylation sites (N-methyl/N-ethyl adjacent to an activating group) is 1. The highest BCUT2D eigenvalue weighted by molar-refractivity contribution is 7.15. The van der Waals surface area contributed by atoms with Crippen LogP contribution in [-0.4, -0.2) is 49.1 Å². The number of amides is 2. The summed E-state index contributed by atoms with van der Waals surface area (Å²) in [6, 6.07) is 10.8. The average molecular weight is 479 g/mol. The van der Waals surface area contributed by atoms with Crippen LogP contribution >= 0.6 is 11.3 Å². The number of ether oxygens (including phenoxy) is 3. The van der Waals surface area contributed by atoms with Gasteiger partial charge in [0.2, 0.25) is 5.91 Å². The molecule has 0 saturated carbocycles. The van der Waals surface area contributed by atoms with Crippen LogP contribution in [0.2, 0.25) is 0 Å². The predicted molar refractivity (Wildman–Crippen MR) is 129 cm³/mol. The predicted octanol–water partition coefficient (Wildman–Crippen LogP) is 3.62. The van der Waals surface area contributed by atoms with Gasteiger partial charge in [-0.1, -0.05) is 0 Å². The molecule has 2 aromatic heterocycles. The quantitative estimate of drug-likeness (QED) is 0.455. The van der Waals surface area contributed by atoms with Gasteiger partial charge in [0.15, 0.2) is 11.6 Å². The summed E-state index contributed by atoms with van der Waals surface area (Å²) in [7, 11) is 4.91. The van der Waals surface area contributed by atoms with Crippen LogP contribution in [0.25, 0.3) is 16.2 Å². The highest BCUT2D eigenvalue weighted by Crippen LogP contribution is 2.35. The molecule has 1 aliphatic heterocycles. The summed E-state index contributed by atoms with van der Waals surface area (Å²) >= 11 is 1.46. The van der Waals surface area contributed by atoms with Crippen molar-refractivity contribution in [3.05, 3.63) is 53.7 Å². The van der Waals surface area contributed by atoms with Gasteiger partial charge in [0.05, 0.1) is 32.0 Å². The molecule has 0 saturated heterocycles. The van der Waals surface area contributed by atoms with Crippen LogP contribution < -0.4 is 24.4 Å².